The number of unbranched alkanes of at least 4 members (excludes halogenated alkanes) is 1. The minimum absolute atomic E-state index is 0.198. The van der Waals surface area contributed by atoms with Gasteiger partial charge in [0.2, 0.25) is 0 Å². The van der Waals surface area contributed by atoms with Crippen LogP contribution in [-0.2, 0) is 9.47 Å². The topological polar surface area (TPSA) is 67.9 Å². The van der Waals surface area contributed by atoms with Crippen LogP contribution in [0.5, 0.6) is 0 Å². The molecule has 6 heteroatoms. The minimum Gasteiger partial charge on any atom is -0.444 e. The van der Waals surface area contributed by atoms with E-state index in [2.05, 4.69) is 12.2 Å². The zero-order valence-corrected chi connectivity index (χ0v) is 19.5. The Labute approximate surface area is 175 Å². The van der Waals surface area contributed by atoms with Crippen LogP contribution >= 0.6 is 0 Å². The van der Waals surface area contributed by atoms with Crippen LogP contribution in [0.2, 0.25) is 0 Å². The molecule has 0 saturated carbocycles. The van der Waals surface area contributed by atoms with Crippen LogP contribution < -0.4 is 5.32 Å². The molecule has 0 heterocycles. The number of ether oxygens (including phenoxy) is 2. The van der Waals surface area contributed by atoms with E-state index in [4.69, 9.17) is 9.47 Å². The maximum absolute atomic E-state index is 12.8. The van der Waals surface area contributed by atoms with E-state index in [-0.39, 0.29) is 12.1 Å². The fourth-order valence-electron chi connectivity index (χ4n) is 2.72. The summed E-state index contributed by atoms with van der Waals surface area (Å²) in [6.45, 7) is 17.7. The maximum atomic E-state index is 12.8. The molecule has 2 amide bonds. The lowest BCUT2D eigenvalue weighted by atomic mass is 10.0. The van der Waals surface area contributed by atoms with Crippen molar-refractivity contribution < 1.29 is 19.1 Å². The van der Waals surface area contributed by atoms with Gasteiger partial charge in [-0.15, -0.1) is 0 Å². The predicted molar refractivity (Wildman–Crippen MR) is 117 cm³/mol. The maximum Gasteiger partial charge on any atom is 0.412 e. The SMILES string of the molecule is CCCCN(C(=O)OC(C)(C)C)[C@H](C)c1ccc(C)c(NC(=O)OC(C)(C)C)c1. The van der Waals surface area contributed by atoms with E-state index in [0.717, 1.165) is 24.0 Å². The lowest BCUT2D eigenvalue weighted by molar-refractivity contribution is 0.0170. The van der Waals surface area contributed by atoms with Crippen LogP contribution in [0.1, 0.15) is 85.4 Å². The molecule has 29 heavy (non-hydrogen) atoms. The third-order valence-electron chi connectivity index (χ3n) is 4.23. The van der Waals surface area contributed by atoms with Gasteiger partial charge in [0.15, 0.2) is 0 Å². The van der Waals surface area contributed by atoms with Crippen LogP contribution in [0.4, 0.5) is 15.3 Å². The Kier molecular flexibility index (Phi) is 8.54. The Hall–Kier alpha value is -2.24. The number of benzene rings is 1. The Morgan fingerprint density at radius 1 is 1.07 bits per heavy atom. The normalized spacial score (nSPS) is 12.9. The molecule has 1 aromatic rings. The van der Waals surface area contributed by atoms with Crippen LogP contribution in [0.25, 0.3) is 0 Å². The van der Waals surface area contributed by atoms with Crippen molar-refractivity contribution in [3.05, 3.63) is 29.3 Å². The molecule has 0 bridgehead atoms. The summed E-state index contributed by atoms with van der Waals surface area (Å²) in [6.07, 6.45) is 1.03. The number of anilines is 1. The quantitative estimate of drug-likeness (QED) is 0.590. The summed E-state index contributed by atoms with van der Waals surface area (Å²) in [7, 11) is 0. The molecule has 1 aromatic carbocycles. The van der Waals surface area contributed by atoms with Gasteiger partial charge in [0.25, 0.3) is 0 Å². The molecule has 6 nitrogen and oxygen atoms in total. The summed E-state index contributed by atoms with van der Waals surface area (Å²) in [4.78, 5) is 26.7. The second-order valence-electron chi connectivity index (χ2n) is 9.40. The van der Waals surface area contributed by atoms with Gasteiger partial charge < -0.3 is 14.4 Å². The zero-order chi connectivity index (χ0) is 22.4. The van der Waals surface area contributed by atoms with Crippen molar-refractivity contribution in [1.29, 1.82) is 0 Å². The van der Waals surface area contributed by atoms with Crippen LogP contribution in [0, 0.1) is 6.92 Å². The fraction of sp³-hybridized carbons (Fsp3) is 0.652. The average Bonchev–Trinajstić information content (AvgIpc) is 2.53. The Bertz CT molecular complexity index is 702. The molecule has 1 N–H and O–H groups in total. The van der Waals surface area contributed by atoms with Gasteiger partial charge in [-0.25, -0.2) is 9.59 Å². The number of carbonyl (C=O) groups excluding carboxylic acids is 2. The van der Waals surface area contributed by atoms with E-state index < -0.39 is 17.3 Å². The summed E-state index contributed by atoms with van der Waals surface area (Å²) >= 11 is 0. The molecule has 0 fully saturated rings. The highest BCUT2D eigenvalue weighted by Gasteiger charge is 2.27. The van der Waals surface area contributed by atoms with E-state index in [9.17, 15) is 9.59 Å². The average molecular weight is 407 g/mol. The van der Waals surface area contributed by atoms with Crippen molar-refractivity contribution in [2.75, 3.05) is 11.9 Å². The first kappa shape index (κ1) is 24.8. The van der Waals surface area contributed by atoms with Crippen LogP contribution in [0.3, 0.4) is 0 Å². The van der Waals surface area contributed by atoms with E-state index in [1.54, 1.807) is 4.90 Å². The molecule has 0 saturated heterocycles. The molecule has 0 aromatic heterocycles. The van der Waals surface area contributed by atoms with E-state index in [1.807, 2.05) is 73.6 Å². The van der Waals surface area contributed by atoms with Gasteiger partial charge in [0, 0.05) is 12.2 Å². The van der Waals surface area contributed by atoms with Gasteiger partial charge >= 0.3 is 12.2 Å². The van der Waals surface area contributed by atoms with Crippen molar-refractivity contribution in [1.82, 2.24) is 4.90 Å². The number of carbonyl (C=O) groups is 2. The third-order valence-corrected chi connectivity index (χ3v) is 4.23. The predicted octanol–water partition coefficient (Wildman–Crippen LogP) is 6.44. The van der Waals surface area contributed by atoms with Crippen LogP contribution in [0.15, 0.2) is 18.2 Å². The lowest BCUT2D eigenvalue weighted by Crippen LogP contribution is -2.39. The first-order valence-electron chi connectivity index (χ1n) is 10.3. The highest BCUT2D eigenvalue weighted by Crippen LogP contribution is 2.27. The van der Waals surface area contributed by atoms with E-state index >= 15 is 0 Å². The lowest BCUT2D eigenvalue weighted by Gasteiger charge is -2.32. The second-order valence-corrected chi connectivity index (χ2v) is 9.40. The fourth-order valence-corrected chi connectivity index (χ4v) is 2.72. The molecular weight excluding hydrogens is 368 g/mol. The van der Waals surface area contributed by atoms with Gasteiger partial charge in [-0.3, -0.25) is 5.32 Å². The number of hydrogen-bond donors (Lipinski definition) is 1. The number of nitrogens with zero attached hydrogens (tertiary/aromatic N) is 1. The van der Waals surface area contributed by atoms with Gasteiger partial charge in [0.1, 0.15) is 11.2 Å². The molecule has 0 aliphatic heterocycles. The third kappa shape index (κ3) is 8.75. The molecule has 0 aliphatic carbocycles. The summed E-state index contributed by atoms with van der Waals surface area (Å²) in [5.41, 5.74) is 1.38. The van der Waals surface area contributed by atoms with Gasteiger partial charge in [0.05, 0.1) is 6.04 Å². The standard InChI is InChI=1S/C23H38N2O4/c1-10-11-14-25(21(27)29-23(7,8)9)17(3)18-13-12-16(2)19(15-18)24-20(26)28-22(4,5)6/h12-13,15,17H,10-11,14H2,1-9H3,(H,24,26)/t17-/m1/s1. The number of aryl methyl sites for hydroxylation is 1. The first-order valence-corrected chi connectivity index (χ1v) is 10.3. The van der Waals surface area contributed by atoms with Gasteiger partial charge in [-0.05, 0) is 79.0 Å². The number of hydrogen-bond acceptors (Lipinski definition) is 4. The van der Waals surface area contributed by atoms with Crippen LogP contribution in [-0.4, -0.2) is 34.8 Å². The van der Waals surface area contributed by atoms with E-state index in [1.165, 1.54) is 0 Å². The largest absolute Gasteiger partial charge is 0.444 e. The second kappa shape index (κ2) is 9.99. The molecule has 164 valence electrons. The van der Waals surface area contributed by atoms with Crippen molar-refractivity contribution in [3.63, 3.8) is 0 Å². The van der Waals surface area contributed by atoms with Crippen molar-refractivity contribution in [3.8, 4) is 0 Å². The van der Waals surface area contributed by atoms with Crippen molar-refractivity contribution >= 4 is 17.9 Å². The molecule has 1 atom stereocenters. The molecular formula is C23H38N2O4. The number of amides is 2. The van der Waals surface area contributed by atoms with Gasteiger partial charge in [-0.1, -0.05) is 25.5 Å². The Morgan fingerprint density at radius 2 is 1.66 bits per heavy atom. The van der Waals surface area contributed by atoms with Crippen molar-refractivity contribution in [2.24, 2.45) is 0 Å². The Balaban J connectivity index is 3.09. The summed E-state index contributed by atoms with van der Waals surface area (Å²) in [6, 6.07) is 5.61. The summed E-state index contributed by atoms with van der Waals surface area (Å²) in [5.74, 6) is 0. The molecule has 0 unspecified atom stereocenters. The zero-order valence-electron chi connectivity index (χ0n) is 19.5. The van der Waals surface area contributed by atoms with E-state index in [0.29, 0.717) is 12.2 Å². The highest BCUT2D eigenvalue weighted by atomic mass is 16.6. The summed E-state index contributed by atoms with van der Waals surface area (Å²) in [5, 5.41) is 2.82. The first-order chi connectivity index (χ1) is 13.2. The molecule has 1 rings (SSSR count). The highest BCUT2D eigenvalue weighted by molar-refractivity contribution is 5.86. The van der Waals surface area contributed by atoms with Gasteiger partial charge in [-0.2, -0.15) is 0 Å². The number of rotatable bonds is 6. The molecule has 0 radical (unpaired) electrons. The molecule has 0 spiro atoms. The smallest absolute Gasteiger partial charge is 0.412 e. The number of nitrogens with one attached hydrogen (secondary N) is 1. The summed E-state index contributed by atoms with van der Waals surface area (Å²) < 4.78 is 11.0. The van der Waals surface area contributed by atoms with Crippen molar-refractivity contribution in [2.45, 2.75) is 92.4 Å². The monoisotopic (exact) mass is 406 g/mol. The Morgan fingerprint density at radius 3 is 2.17 bits per heavy atom. The minimum atomic E-state index is -0.573. The molecule has 0 aliphatic rings.